The fraction of sp³-hybridized carbons (Fsp3) is 0.636. The summed E-state index contributed by atoms with van der Waals surface area (Å²) < 4.78 is 10.9. The van der Waals surface area contributed by atoms with E-state index in [0.717, 1.165) is 17.9 Å². The lowest BCUT2D eigenvalue weighted by Gasteiger charge is -2.20. The first-order chi connectivity index (χ1) is 6.18. The summed E-state index contributed by atoms with van der Waals surface area (Å²) in [6.07, 6.45) is 3.27. The van der Waals surface area contributed by atoms with Crippen LogP contribution in [0.1, 0.15) is 27.2 Å². The third-order valence-corrected chi connectivity index (χ3v) is 2.61. The average molecular weight is 180 g/mol. The van der Waals surface area contributed by atoms with Crippen LogP contribution in [0.15, 0.2) is 23.2 Å². The Bertz CT molecular complexity index is 274. The predicted octanol–water partition coefficient (Wildman–Crippen LogP) is 2.82. The summed E-state index contributed by atoms with van der Waals surface area (Å²) in [5.41, 5.74) is 1.41. The van der Waals surface area contributed by atoms with E-state index in [-0.39, 0.29) is 0 Å². The Morgan fingerprint density at radius 2 is 2.15 bits per heavy atom. The van der Waals surface area contributed by atoms with Gasteiger partial charge in [0.05, 0.1) is 0 Å². The van der Waals surface area contributed by atoms with Crippen LogP contribution in [0.25, 0.3) is 0 Å². The predicted molar refractivity (Wildman–Crippen MR) is 50.8 cm³/mol. The zero-order chi connectivity index (χ0) is 9.42. The first kappa shape index (κ1) is 8.67. The molecule has 1 atom stereocenters. The Kier molecular flexibility index (Phi) is 2.06. The number of fused-ring (bicyclic) bond motifs is 1. The third kappa shape index (κ3) is 1.45. The first-order valence-electron chi connectivity index (χ1n) is 4.89. The van der Waals surface area contributed by atoms with Gasteiger partial charge >= 0.3 is 0 Å². The summed E-state index contributed by atoms with van der Waals surface area (Å²) in [7, 11) is 0. The molecule has 2 rings (SSSR count). The first-order valence-corrected chi connectivity index (χ1v) is 4.89. The molecule has 0 amide bonds. The largest absolute Gasteiger partial charge is 0.454 e. The van der Waals surface area contributed by atoms with Crippen molar-refractivity contribution in [3.63, 3.8) is 0 Å². The molecular formula is C11H16O2. The van der Waals surface area contributed by atoms with Crippen molar-refractivity contribution in [2.24, 2.45) is 11.8 Å². The molecule has 1 saturated heterocycles. The Hall–Kier alpha value is -0.920. The molecule has 0 aromatic rings. The van der Waals surface area contributed by atoms with Gasteiger partial charge in [-0.25, -0.2) is 0 Å². The van der Waals surface area contributed by atoms with Crippen molar-refractivity contribution in [3.8, 4) is 0 Å². The number of ether oxygens (including phenoxy) is 2. The molecule has 0 bridgehead atoms. The van der Waals surface area contributed by atoms with E-state index in [4.69, 9.17) is 9.47 Å². The zero-order valence-corrected chi connectivity index (χ0v) is 8.46. The maximum atomic E-state index is 5.47. The Morgan fingerprint density at radius 1 is 1.38 bits per heavy atom. The van der Waals surface area contributed by atoms with E-state index in [9.17, 15) is 0 Å². The summed E-state index contributed by atoms with van der Waals surface area (Å²) in [5.74, 6) is 3.11. The lowest BCUT2D eigenvalue weighted by Crippen LogP contribution is -2.09. The van der Waals surface area contributed by atoms with E-state index in [1.54, 1.807) is 0 Å². The molecule has 1 aliphatic heterocycles. The lowest BCUT2D eigenvalue weighted by atomic mass is 9.87. The molecule has 0 radical (unpaired) electrons. The van der Waals surface area contributed by atoms with Crippen LogP contribution in [0.3, 0.4) is 0 Å². The maximum absolute atomic E-state index is 5.47. The molecule has 0 spiro atoms. The van der Waals surface area contributed by atoms with Gasteiger partial charge in [0, 0.05) is 0 Å². The number of rotatable bonds is 1. The van der Waals surface area contributed by atoms with Crippen LogP contribution >= 0.6 is 0 Å². The van der Waals surface area contributed by atoms with Gasteiger partial charge in [0.15, 0.2) is 11.5 Å². The van der Waals surface area contributed by atoms with E-state index in [1.807, 2.05) is 0 Å². The molecule has 0 aromatic carbocycles. The highest BCUT2D eigenvalue weighted by molar-refractivity contribution is 5.33. The summed E-state index contributed by atoms with van der Waals surface area (Å²) in [6.45, 7) is 7.03. The standard InChI is InChI=1S/C11H16O2/c1-7(2)9-4-8(3)5-10-11(9)13-6-12-10/h5,7-8H,4,6H2,1-3H3. The molecule has 0 saturated carbocycles. The van der Waals surface area contributed by atoms with Gasteiger partial charge in [-0.2, -0.15) is 0 Å². The second-order valence-electron chi connectivity index (χ2n) is 4.13. The minimum atomic E-state index is 0.393. The Balaban J connectivity index is 2.36. The van der Waals surface area contributed by atoms with Gasteiger partial charge in [0.2, 0.25) is 6.79 Å². The summed E-state index contributed by atoms with van der Waals surface area (Å²) in [4.78, 5) is 0. The molecule has 1 heterocycles. The van der Waals surface area contributed by atoms with E-state index >= 15 is 0 Å². The molecule has 1 aliphatic carbocycles. The monoisotopic (exact) mass is 180 g/mol. The summed E-state index contributed by atoms with van der Waals surface area (Å²) >= 11 is 0. The van der Waals surface area contributed by atoms with Crippen molar-refractivity contribution in [1.29, 1.82) is 0 Å². The third-order valence-electron chi connectivity index (χ3n) is 2.61. The number of hydrogen-bond acceptors (Lipinski definition) is 2. The molecule has 2 aliphatic rings. The lowest BCUT2D eigenvalue weighted by molar-refractivity contribution is 0.0968. The van der Waals surface area contributed by atoms with Gasteiger partial charge in [-0.05, 0) is 29.9 Å². The fourth-order valence-electron chi connectivity index (χ4n) is 1.92. The second kappa shape index (κ2) is 3.09. The van der Waals surface area contributed by atoms with Crippen LogP contribution in [0, 0.1) is 11.8 Å². The topological polar surface area (TPSA) is 18.5 Å². The smallest absolute Gasteiger partial charge is 0.231 e. The van der Waals surface area contributed by atoms with E-state index in [1.165, 1.54) is 5.57 Å². The van der Waals surface area contributed by atoms with Crippen molar-refractivity contribution in [2.45, 2.75) is 27.2 Å². The Labute approximate surface area is 79.2 Å². The number of hydrogen-bond donors (Lipinski definition) is 0. The highest BCUT2D eigenvalue weighted by atomic mass is 16.7. The highest BCUT2D eigenvalue weighted by Gasteiger charge is 2.28. The minimum absolute atomic E-state index is 0.393. The van der Waals surface area contributed by atoms with Crippen molar-refractivity contribution >= 4 is 0 Å². The highest BCUT2D eigenvalue weighted by Crippen LogP contribution is 2.37. The van der Waals surface area contributed by atoms with Gasteiger partial charge in [-0.15, -0.1) is 0 Å². The molecule has 0 aromatic heterocycles. The molecular weight excluding hydrogens is 164 g/mol. The van der Waals surface area contributed by atoms with Crippen LogP contribution in [0.4, 0.5) is 0 Å². The van der Waals surface area contributed by atoms with Crippen LogP contribution in [-0.2, 0) is 9.47 Å². The molecule has 13 heavy (non-hydrogen) atoms. The molecule has 2 heteroatoms. The minimum Gasteiger partial charge on any atom is -0.454 e. The van der Waals surface area contributed by atoms with Gasteiger partial charge in [0.25, 0.3) is 0 Å². The van der Waals surface area contributed by atoms with E-state index in [2.05, 4.69) is 26.8 Å². The molecule has 1 fully saturated rings. The molecule has 72 valence electrons. The van der Waals surface area contributed by atoms with Crippen molar-refractivity contribution < 1.29 is 9.47 Å². The second-order valence-corrected chi connectivity index (χ2v) is 4.13. The van der Waals surface area contributed by atoms with Crippen LogP contribution < -0.4 is 0 Å². The van der Waals surface area contributed by atoms with Gasteiger partial charge < -0.3 is 9.47 Å². The van der Waals surface area contributed by atoms with Crippen LogP contribution in [0.5, 0.6) is 0 Å². The van der Waals surface area contributed by atoms with Crippen LogP contribution in [0.2, 0.25) is 0 Å². The molecule has 2 nitrogen and oxygen atoms in total. The quantitative estimate of drug-likeness (QED) is 0.617. The molecule has 0 N–H and O–H groups in total. The SMILES string of the molecule is CC1C=C2OCOC2=C(C(C)C)C1. The van der Waals surface area contributed by atoms with Crippen LogP contribution in [-0.4, -0.2) is 6.79 Å². The van der Waals surface area contributed by atoms with Crippen molar-refractivity contribution in [3.05, 3.63) is 23.2 Å². The maximum Gasteiger partial charge on any atom is 0.231 e. The van der Waals surface area contributed by atoms with E-state index in [0.29, 0.717) is 18.6 Å². The Morgan fingerprint density at radius 3 is 2.85 bits per heavy atom. The summed E-state index contributed by atoms with van der Waals surface area (Å²) in [6, 6.07) is 0. The fourth-order valence-corrected chi connectivity index (χ4v) is 1.92. The van der Waals surface area contributed by atoms with Crippen molar-refractivity contribution in [1.82, 2.24) is 0 Å². The van der Waals surface area contributed by atoms with Gasteiger partial charge in [-0.3, -0.25) is 0 Å². The van der Waals surface area contributed by atoms with Gasteiger partial charge in [0.1, 0.15) is 0 Å². The van der Waals surface area contributed by atoms with Crippen molar-refractivity contribution in [2.75, 3.05) is 6.79 Å². The number of allylic oxidation sites excluding steroid dienone is 2. The van der Waals surface area contributed by atoms with E-state index < -0.39 is 0 Å². The zero-order valence-electron chi connectivity index (χ0n) is 8.46. The van der Waals surface area contributed by atoms with Gasteiger partial charge in [-0.1, -0.05) is 20.8 Å². The molecule has 1 unspecified atom stereocenters. The normalized spacial score (nSPS) is 26.8. The average Bonchev–Trinajstić information content (AvgIpc) is 2.49. The summed E-state index contributed by atoms with van der Waals surface area (Å²) in [5, 5.41) is 0.